The number of carbonyl (C=O) groups is 1. The maximum Gasteiger partial charge on any atom is 0.227 e. The molecule has 0 unspecified atom stereocenters. The molecule has 0 radical (unpaired) electrons. The highest BCUT2D eigenvalue weighted by molar-refractivity contribution is 5.90. The number of hydrogen-bond donors (Lipinski definition) is 0. The molecule has 1 fully saturated rings. The lowest BCUT2D eigenvalue weighted by atomic mass is 10.0. The SMILES string of the molecule is O=C(Cc1cccc2ccccc12)N1CCN(c2ncnc3c2nnn3-c2cccc(F)c2)CC1. The van der Waals surface area contributed by atoms with Crippen molar-refractivity contribution in [2.24, 2.45) is 0 Å². The Hall–Kier alpha value is -4.40. The molecule has 0 bridgehead atoms. The summed E-state index contributed by atoms with van der Waals surface area (Å²) in [5, 5.41) is 10.7. The first-order valence-electron chi connectivity index (χ1n) is 11.5. The summed E-state index contributed by atoms with van der Waals surface area (Å²) in [6.45, 7) is 2.43. The minimum Gasteiger partial charge on any atom is -0.351 e. The summed E-state index contributed by atoms with van der Waals surface area (Å²) in [7, 11) is 0. The van der Waals surface area contributed by atoms with Gasteiger partial charge in [0.15, 0.2) is 17.0 Å². The van der Waals surface area contributed by atoms with E-state index < -0.39 is 0 Å². The summed E-state index contributed by atoms with van der Waals surface area (Å²) in [5.74, 6) is 0.425. The summed E-state index contributed by atoms with van der Waals surface area (Å²) >= 11 is 0. The number of benzene rings is 3. The second-order valence-electron chi connectivity index (χ2n) is 8.53. The van der Waals surface area contributed by atoms with Gasteiger partial charge in [-0.1, -0.05) is 53.7 Å². The number of rotatable bonds is 4. The van der Waals surface area contributed by atoms with Gasteiger partial charge in [0.25, 0.3) is 0 Å². The van der Waals surface area contributed by atoms with Crippen LogP contribution in [0.15, 0.2) is 73.1 Å². The molecule has 174 valence electrons. The molecule has 5 aromatic rings. The molecule has 1 aliphatic heterocycles. The normalized spacial score (nSPS) is 14.1. The van der Waals surface area contributed by atoms with Gasteiger partial charge in [-0.25, -0.2) is 14.4 Å². The number of fused-ring (bicyclic) bond motifs is 2. The number of piperazine rings is 1. The summed E-state index contributed by atoms with van der Waals surface area (Å²) < 4.78 is 15.2. The lowest BCUT2D eigenvalue weighted by Gasteiger charge is -2.35. The van der Waals surface area contributed by atoms with Gasteiger partial charge in [0.1, 0.15) is 12.1 Å². The van der Waals surface area contributed by atoms with E-state index in [0.717, 1.165) is 16.3 Å². The van der Waals surface area contributed by atoms with Crippen molar-refractivity contribution >= 4 is 33.7 Å². The number of hydrogen-bond acceptors (Lipinski definition) is 6. The van der Waals surface area contributed by atoms with Crippen molar-refractivity contribution < 1.29 is 9.18 Å². The van der Waals surface area contributed by atoms with Crippen LogP contribution in [0.4, 0.5) is 10.2 Å². The molecular weight excluding hydrogens is 445 g/mol. The lowest BCUT2D eigenvalue weighted by Crippen LogP contribution is -2.49. The summed E-state index contributed by atoms with van der Waals surface area (Å²) in [5.41, 5.74) is 2.64. The molecule has 9 heteroatoms. The van der Waals surface area contributed by atoms with Gasteiger partial charge in [-0.15, -0.1) is 5.10 Å². The second kappa shape index (κ2) is 8.75. The molecule has 35 heavy (non-hydrogen) atoms. The van der Waals surface area contributed by atoms with E-state index in [1.165, 1.54) is 23.1 Å². The van der Waals surface area contributed by atoms with Crippen molar-refractivity contribution in [3.8, 4) is 5.69 Å². The van der Waals surface area contributed by atoms with E-state index in [-0.39, 0.29) is 11.7 Å². The zero-order valence-corrected chi connectivity index (χ0v) is 18.9. The summed E-state index contributed by atoms with van der Waals surface area (Å²) in [6.07, 6.45) is 1.84. The largest absolute Gasteiger partial charge is 0.351 e. The summed E-state index contributed by atoms with van der Waals surface area (Å²) in [6, 6.07) is 20.4. The molecule has 1 saturated heterocycles. The van der Waals surface area contributed by atoms with Gasteiger partial charge < -0.3 is 9.80 Å². The Morgan fingerprint density at radius 3 is 2.57 bits per heavy atom. The molecular formula is C26H22FN7O. The van der Waals surface area contributed by atoms with E-state index in [0.29, 0.717) is 55.3 Å². The molecule has 6 rings (SSSR count). The van der Waals surface area contributed by atoms with Gasteiger partial charge in [-0.05, 0) is 34.5 Å². The molecule has 0 spiro atoms. The molecule has 0 saturated carbocycles. The van der Waals surface area contributed by atoms with Crippen LogP contribution in [-0.4, -0.2) is 61.9 Å². The van der Waals surface area contributed by atoms with Gasteiger partial charge in [0.05, 0.1) is 12.1 Å². The van der Waals surface area contributed by atoms with Crippen LogP contribution in [0.5, 0.6) is 0 Å². The molecule has 1 amide bonds. The van der Waals surface area contributed by atoms with Crippen LogP contribution in [0.3, 0.4) is 0 Å². The smallest absolute Gasteiger partial charge is 0.227 e. The van der Waals surface area contributed by atoms with E-state index >= 15 is 0 Å². The van der Waals surface area contributed by atoms with Crippen molar-refractivity contribution in [1.29, 1.82) is 0 Å². The molecule has 0 aliphatic carbocycles. The fourth-order valence-corrected chi connectivity index (χ4v) is 4.64. The summed E-state index contributed by atoms with van der Waals surface area (Å²) in [4.78, 5) is 25.9. The Labute approximate surface area is 200 Å². The highest BCUT2D eigenvalue weighted by Gasteiger charge is 2.25. The van der Waals surface area contributed by atoms with E-state index in [4.69, 9.17) is 0 Å². The van der Waals surface area contributed by atoms with Crippen LogP contribution in [0, 0.1) is 5.82 Å². The molecule has 2 aromatic heterocycles. The first-order chi connectivity index (χ1) is 17.2. The minimum atomic E-state index is -0.357. The van der Waals surface area contributed by atoms with E-state index in [9.17, 15) is 9.18 Å². The third kappa shape index (κ3) is 3.95. The monoisotopic (exact) mass is 467 g/mol. The van der Waals surface area contributed by atoms with Gasteiger partial charge in [0.2, 0.25) is 5.91 Å². The van der Waals surface area contributed by atoms with E-state index in [1.54, 1.807) is 12.1 Å². The molecule has 1 aliphatic rings. The topological polar surface area (TPSA) is 80.0 Å². The predicted molar refractivity (Wildman–Crippen MR) is 131 cm³/mol. The third-order valence-electron chi connectivity index (χ3n) is 6.42. The molecule has 0 N–H and O–H groups in total. The van der Waals surface area contributed by atoms with Crippen LogP contribution < -0.4 is 4.90 Å². The Kier molecular flexibility index (Phi) is 5.29. The second-order valence-corrected chi connectivity index (χ2v) is 8.53. The van der Waals surface area contributed by atoms with Crippen molar-refractivity contribution in [2.75, 3.05) is 31.1 Å². The number of nitrogens with zero attached hydrogens (tertiary/aromatic N) is 7. The number of amides is 1. The zero-order valence-electron chi connectivity index (χ0n) is 18.9. The maximum atomic E-state index is 13.7. The Bertz CT molecular complexity index is 1540. The third-order valence-corrected chi connectivity index (χ3v) is 6.42. The number of anilines is 1. The first kappa shape index (κ1) is 21.2. The average molecular weight is 468 g/mol. The number of carbonyl (C=O) groups excluding carboxylic acids is 1. The van der Waals surface area contributed by atoms with Gasteiger partial charge >= 0.3 is 0 Å². The predicted octanol–water partition coefficient (Wildman–Crippen LogP) is 3.39. The van der Waals surface area contributed by atoms with Gasteiger partial charge in [-0.2, -0.15) is 4.68 Å². The number of aromatic nitrogens is 5. The molecule has 8 nitrogen and oxygen atoms in total. The minimum absolute atomic E-state index is 0.117. The molecule has 3 heterocycles. The van der Waals surface area contributed by atoms with E-state index in [1.807, 2.05) is 29.2 Å². The number of halogens is 1. The Morgan fingerprint density at radius 2 is 1.71 bits per heavy atom. The fraction of sp³-hybridized carbons (Fsp3) is 0.192. The average Bonchev–Trinajstić information content (AvgIpc) is 3.33. The van der Waals surface area contributed by atoms with E-state index in [2.05, 4.69) is 43.4 Å². The standard InChI is InChI=1S/C26H22FN7O/c27-20-8-4-9-21(16-20)34-26-24(30-31-34)25(28-17-29-26)33-13-11-32(12-14-33)23(35)15-19-7-3-6-18-5-1-2-10-22(18)19/h1-10,16-17H,11-15H2. The maximum absolute atomic E-state index is 13.7. The van der Waals surface area contributed by atoms with Crippen LogP contribution >= 0.6 is 0 Å². The van der Waals surface area contributed by atoms with Crippen molar-refractivity contribution in [1.82, 2.24) is 29.9 Å². The fourth-order valence-electron chi connectivity index (χ4n) is 4.64. The molecule has 0 atom stereocenters. The van der Waals surface area contributed by atoms with Crippen molar-refractivity contribution in [3.05, 3.63) is 84.4 Å². The Morgan fingerprint density at radius 1 is 0.914 bits per heavy atom. The zero-order chi connectivity index (χ0) is 23.8. The van der Waals surface area contributed by atoms with Crippen molar-refractivity contribution in [2.45, 2.75) is 6.42 Å². The van der Waals surface area contributed by atoms with Crippen LogP contribution in [0.1, 0.15) is 5.56 Å². The highest BCUT2D eigenvalue weighted by atomic mass is 19.1. The molecule has 3 aromatic carbocycles. The van der Waals surface area contributed by atoms with Crippen molar-refractivity contribution in [3.63, 3.8) is 0 Å². The van der Waals surface area contributed by atoms with Gasteiger partial charge in [-0.3, -0.25) is 4.79 Å². The quantitative estimate of drug-likeness (QED) is 0.403. The highest BCUT2D eigenvalue weighted by Crippen LogP contribution is 2.24. The van der Waals surface area contributed by atoms with Crippen LogP contribution in [-0.2, 0) is 11.2 Å². The van der Waals surface area contributed by atoms with Crippen LogP contribution in [0.2, 0.25) is 0 Å². The van der Waals surface area contributed by atoms with Crippen LogP contribution in [0.25, 0.3) is 27.6 Å². The Balaban J connectivity index is 1.18. The first-order valence-corrected chi connectivity index (χ1v) is 11.5. The lowest BCUT2D eigenvalue weighted by molar-refractivity contribution is -0.130. The van der Waals surface area contributed by atoms with Gasteiger partial charge in [0, 0.05) is 26.2 Å².